The fourth-order valence-corrected chi connectivity index (χ4v) is 3.69. The Labute approximate surface area is 108 Å². The van der Waals surface area contributed by atoms with Crippen molar-refractivity contribution in [3.05, 3.63) is 10.0 Å². The lowest BCUT2D eigenvalue weighted by Crippen LogP contribution is -2.14. The first kappa shape index (κ1) is 13.0. The second-order valence-electron chi connectivity index (χ2n) is 4.97. The number of aromatic nitrogens is 2. The molecule has 3 nitrogen and oxygen atoms in total. The molecule has 1 aromatic rings. The number of hydrogen-bond donors (Lipinski definition) is 1. The molecule has 1 N–H and O–H groups in total. The zero-order valence-electron chi connectivity index (χ0n) is 10.9. The summed E-state index contributed by atoms with van der Waals surface area (Å²) in [5, 5.41) is 14.3. The predicted octanol–water partition coefficient (Wildman–Crippen LogP) is 3.33. The van der Waals surface area contributed by atoms with Gasteiger partial charge in [-0.2, -0.15) is 0 Å². The van der Waals surface area contributed by atoms with Gasteiger partial charge in [0.15, 0.2) is 0 Å². The molecule has 0 amide bonds. The Morgan fingerprint density at radius 1 is 1.35 bits per heavy atom. The van der Waals surface area contributed by atoms with Gasteiger partial charge in [-0.25, -0.2) is 0 Å². The van der Waals surface area contributed by atoms with Crippen LogP contribution in [0.1, 0.15) is 61.5 Å². The molecule has 0 aromatic carbocycles. The molecule has 96 valence electrons. The quantitative estimate of drug-likeness (QED) is 0.845. The molecule has 0 aliphatic heterocycles. The molecule has 1 atom stereocenters. The van der Waals surface area contributed by atoms with Crippen molar-refractivity contribution in [3.8, 4) is 0 Å². The molecule has 1 unspecified atom stereocenters. The minimum atomic E-state index is 0.382. The molecule has 17 heavy (non-hydrogen) atoms. The van der Waals surface area contributed by atoms with Crippen LogP contribution >= 0.6 is 11.3 Å². The van der Waals surface area contributed by atoms with E-state index in [0.29, 0.717) is 6.04 Å². The van der Waals surface area contributed by atoms with Crippen molar-refractivity contribution in [2.45, 2.75) is 57.9 Å². The molecule has 1 aliphatic carbocycles. The molecular formula is C13H23N3S. The fraction of sp³-hybridized carbons (Fsp3) is 0.846. The number of rotatable bonds is 6. The van der Waals surface area contributed by atoms with E-state index < -0.39 is 0 Å². The monoisotopic (exact) mass is 253 g/mol. The zero-order chi connectivity index (χ0) is 12.1. The third-order valence-corrected chi connectivity index (χ3v) is 4.88. The zero-order valence-corrected chi connectivity index (χ0v) is 11.7. The maximum atomic E-state index is 4.32. The van der Waals surface area contributed by atoms with Gasteiger partial charge in [-0.05, 0) is 25.8 Å². The van der Waals surface area contributed by atoms with Crippen LogP contribution < -0.4 is 5.32 Å². The topological polar surface area (TPSA) is 37.8 Å². The number of nitrogens with zero attached hydrogens (tertiary/aromatic N) is 2. The summed E-state index contributed by atoms with van der Waals surface area (Å²) >= 11 is 1.79. The number of nitrogens with one attached hydrogen (secondary N) is 1. The molecule has 1 heterocycles. The van der Waals surface area contributed by atoms with Crippen LogP contribution in [0.15, 0.2) is 0 Å². The van der Waals surface area contributed by atoms with Gasteiger partial charge in [0.25, 0.3) is 0 Å². The van der Waals surface area contributed by atoms with Crippen LogP contribution in [0, 0.1) is 5.92 Å². The molecule has 1 fully saturated rings. The smallest absolute Gasteiger partial charge is 0.134 e. The van der Waals surface area contributed by atoms with E-state index in [9.17, 15) is 0 Å². The highest BCUT2D eigenvalue weighted by molar-refractivity contribution is 7.11. The second-order valence-corrected chi connectivity index (χ2v) is 6.07. The molecule has 1 saturated carbocycles. The summed E-state index contributed by atoms with van der Waals surface area (Å²) in [5.41, 5.74) is 0. The lowest BCUT2D eigenvalue weighted by Gasteiger charge is -2.08. The first-order chi connectivity index (χ1) is 8.33. The average Bonchev–Trinajstić information content (AvgIpc) is 2.99. The van der Waals surface area contributed by atoms with E-state index in [1.54, 1.807) is 11.3 Å². The normalized spacial score (nSPS) is 18.7. The van der Waals surface area contributed by atoms with Crippen LogP contribution in [-0.4, -0.2) is 17.2 Å². The van der Waals surface area contributed by atoms with E-state index in [4.69, 9.17) is 0 Å². The summed E-state index contributed by atoms with van der Waals surface area (Å²) in [6.07, 6.45) is 9.24. The summed E-state index contributed by atoms with van der Waals surface area (Å²) in [5.74, 6) is 0.952. The summed E-state index contributed by atoms with van der Waals surface area (Å²) in [4.78, 5) is 0. The van der Waals surface area contributed by atoms with E-state index in [2.05, 4.69) is 22.4 Å². The highest BCUT2D eigenvalue weighted by Crippen LogP contribution is 2.29. The largest absolute Gasteiger partial charge is 0.311 e. The minimum Gasteiger partial charge on any atom is -0.311 e. The number of hydrogen-bond acceptors (Lipinski definition) is 4. The van der Waals surface area contributed by atoms with Crippen LogP contribution in [0.4, 0.5) is 0 Å². The molecular weight excluding hydrogens is 230 g/mol. The standard InChI is InChI=1S/C13H23N3S/c1-3-11(14-2)13-16-15-12(17-13)9-8-10-6-4-5-7-10/h10-11,14H,3-9H2,1-2H3. The van der Waals surface area contributed by atoms with Crippen molar-refractivity contribution < 1.29 is 0 Å². The predicted molar refractivity (Wildman–Crippen MR) is 72.3 cm³/mol. The van der Waals surface area contributed by atoms with Gasteiger partial charge >= 0.3 is 0 Å². The van der Waals surface area contributed by atoms with Gasteiger partial charge in [0.1, 0.15) is 10.0 Å². The molecule has 0 bridgehead atoms. The summed E-state index contributed by atoms with van der Waals surface area (Å²) in [7, 11) is 1.99. The van der Waals surface area contributed by atoms with Gasteiger partial charge in [0, 0.05) is 6.42 Å². The van der Waals surface area contributed by atoms with E-state index >= 15 is 0 Å². The van der Waals surface area contributed by atoms with Crippen LogP contribution in [0.3, 0.4) is 0 Å². The molecule has 2 rings (SSSR count). The molecule has 1 aliphatic rings. The van der Waals surface area contributed by atoms with Crippen molar-refractivity contribution >= 4 is 11.3 Å². The Morgan fingerprint density at radius 2 is 2.12 bits per heavy atom. The third-order valence-electron chi connectivity index (χ3n) is 3.78. The lowest BCUT2D eigenvalue weighted by molar-refractivity contribution is 0.502. The summed E-state index contributed by atoms with van der Waals surface area (Å²) < 4.78 is 0. The van der Waals surface area contributed by atoms with E-state index in [1.165, 1.54) is 37.1 Å². The van der Waals surface area contributed by atoms with Gasteiger partial charge in [0.2, 0.25) is 0 Å². The molecule has 0 saturated heterocycles. The first-order valence-corrected chi connectivity index (χ1v) is 7.64. The maximum absolute atomic E-state index is 4.32. The average molecular weight is 253 g/mol. The Bertz CT molecular complexity index is 327. The van der Waals surface area contributed by atoms with Crippen molar-refractivity contribution in [1.82, 2.24) is 15.5 Å². The molecule has 0 radical (unpaired) electrons. The molecule has 4 heteroatoms. The van der Waals surface area contributed by atoms with Crippen LogP contribution in [0.2, 0.25) is 0 Å². The fourth-order valence-electron chi connectivity index (χ4n) is 2.64. The van der Waals surface area contributed by atoms with Gasteiger partial charge in [0.05, 0.1) is 6.04 Å². The van der Waals surface area contributed by atoms with Gasteiger partial charge in [-0.15, -0.1) is 10.2 Å². The first-order valence-electron chi connectivity index (χ1n) is 6.83. The lowest BCUT2D eigenvalue weighted by atomic mass is 10.0. The van der Waals surface area contributed by atoms with Gasteiger partial charge < -0.3 is 5.32 Å². The van der Waals surface area contributed by atoms with Crippen molar-refractivity contribution in [3.63, 3.8) is 0 Å². The maximum Gasteiger partial charge on any atom is 0.134 e. The summed E-state index contributed by atoms with van der Waals surface area (Å²) in [6, 6.07) is 0.382. The van der Waals surface area contributed by atoms with E-state index in [1.807, 2.05) is 7.05 Å². The molecule has 1 aromatic heterocycles. The molecule has 0 spiro atoms. The minimum absolute atomic E-state index is 0.382. The second kappa shape index (κ2) is 6.45. The Hall–Kier alpha value is -0.480. The Kier molecular flexibility index (Phi) is 4.92. The van der Waals surface area contributed by atoms with Crippen LogP contribution in [0.25, 0.3) is 0 Å². The van der Waals surface area contributed by atoms with Gasteiger partial charge in [-0.1, -0.05) is 43.9 Å². The van der Waals surface area contributed by atoms with E-state index in [0.717, 1.165) is 23.8 Å². The highest BCUT2D eigenvalue weighted by atomic mass is 32.1. The third kappa shape index (κ3) is 3.49. The summed E-state index contributed by atoms with van der Waals surface area (Å²) in [6.45, 7) is 2.18. The van der Waals surface area contributed by atoms with Crippen LogP contribution in [0.5, 0.6) is 0 Å². The van der Waals surface area contributed by atoms with Crippen molar-refractivity contribution in [2.75, 3.05) is 7.05 Å². The van der Waals surface area contributed by atoms with Crippen LogP contribution in [-0.2, 0) is 6.42 Å². The number of aryl methyl sites for hydroxylation is 1. The Morgan fingerprint density at radius 3 is 2.76 bits per heavy atom. The van der Waals surface area contributed by atoms with Crippen molar-refractivity contribution in [2.24, 2.45) is 5.92 Å². The van der Waals surface area contributed by atoms with Gasteiger partial charge in [-0.3, -0.25) is 0 Å². The van der Waals surface area contributed by atoms with Crippen molar-refractivity contribution in [1.29, 1.82) is 0 Å². The highest BCUT2D eigenvalue weighted by Gasteiger charge is 2.17. The SMILES string of the molecule is CCC(NC)c1nnc(CCC2CCCC2)s1. The van der Waals surface area contributed by atoms with E-state index in [-0.39, 0.29) is 0 Å². The Balaban J connectivity index is 1.84.